The van der Waals surface area contributed by atoms with Crippen molar-refractivity contribution in [2.24, 2.45) is 5.73 Å². The highest BCUT2D eigenvalue weighted by molar-refractivity contribution is 5.80. The average Bonchev–Trinajstić information content (AvgIpc) is 2.85. The average molecular weight is 319 g/mol. The Morgan fingerprint density at radius 2 is 1.83 bits per heavy atom. The summed E-state index contributed by atoms with van der Waals surface area (Å²) >= 11 is 0. The third-order valence-electron chi connectivity index (χ3n) is 3.43. The van der Waals surface area contributed by atoms with Crippen molar-refractivity contribution in [3.05, 3.63) is 59.9 Å². The predicted octanol–water partition coefficient (Wildman–Crippen LogP) is 3.05. The number of halogens is 3. The molecule has 2 N–H and O–H groups in total. The summed E-state index contributed by atoms with van der Waals surface area (Å²) in [5.74, 6) is -0.638. The van der Waals surface area contributed by atoms with Gasteiger partial charge in [-0.3, -0.25) is 4.79 Å². The van der Waals surface area contributed by atoms with E-state index in [4.69, 9.17) is 5.73 Å². The molecular formula is C16H12F3N3O. The number of carbonyl (C=O) groups excluding carboxylic acids is 1. The van der Waals surface area contributed by atoms with Crippen molar-refractivity contribution in [2.75, 3.05) is 0 Å². The molecule has 4 nitrogen and oxygen atoms in total. The van der Waals surface area contributed by atoms with Gasteiger partial charge in [-0.1, -0.05) is 30.3 Å². The van der Waals surface area contributed by atoms with E-state index in [1.54, 1.807) is 24.3 Å². The molecule has 1 amide bonds. The Bertz CT molecular complexity index is 869. The third kappa shape index (κ3) is 2.90. The topological polar surface area (TPSA) is 60.4 Å². The zero-order chi connectivity index (χ0) is 16.6. The number of imidazole rings is 1. The number of hydrogen-bond acceptors (Lipinski definition) is 2. The minimum atomic E-state index is -4.48. The molecule has 23 heavy (non-hydrogen) atoms. The van der Waals surface area contributed by atoms with Crippen molar-refractivity contribution in [1.29, 1.82) is 0 Å². The van der Waals surface area contributed by atoms with Crippen LogP contribution < -0.4 is 5.73 Å². The number of pyridine rings is 1. The van der Waals surface area contributed by atoms with Gasteiger partial charge in [0, 0.05) is 11.8 Å². The zero-order valence-electron chi connectivity index (χ0n) is 11.8. The Labute approximate surface area is 129 Å². The second-order valence-corrected chi connectivity index (χ2v) is 5.06. The molecule has 3 aromatic rings. The molecule has 2 aromatic heterocycles. The summed E-state index contributed by atoms with van der Waals surface area (Å²) in [6.45, 7) is 0. The Hall–Kier alpha value is -2.83. The molecule has 0 saturated carbocycles. The number of primary amides is 1. The zero-order valence-corrected chi connectivity index (χ0v) is 11.8. The maximum Gasteiger partial charge on any atom is 0.417 e. The van der Waals surface area contributed by atoms with E-state index < -0.39 is 17.6 Å². The van der Waals surface area contributed by atoms with Crippen LogP contribution in [0.4, 0.5) is 13.2 Å². The largest absolute Gasteiger partial charge is 0.417 e. The number of rotatable bonds is 3. The molecule has 118 valence electrons. The summed E-state index contributed by atoms with van der Waals surface area (Å²) in [6, 6.07) is 11.2. The van der Waals surface area contributed by atoms with Crippen LogP contribution in [0.3, 0.4) is 0 Å². The van der Waals surface area contributed by atoms with E-state index in [9.17, 15) is 18.0 Å². The van der Waals surface area contributed by atoms with Crippen LogP contribution in [-0.4, -0.2) is 15.3 Å². The number of hydrogen-bond donors (Lipinski definition) is 1. The van der Waals surface area contributed by atoms with Crippen molar-refractivity contribution in [2.45, 2.75) is 12.6 Å². The SMILES string of the molecule is NC(=O)Cc1c(-c2ccccc2)nc2ccc(C(F)(F)F)cn12. The number of benzene rings is 1. The molecule has 0 aliphatic carbocycles. The summed E-state index contributed by atoms with van der Waals surface area (Å²) in [5, 5.41) is 0. The maximum atomic E-state index is 12.9. The van der Waals surface area contributed by atoms with Crippen LogP contribution in [0.15, 0.2) is 48.7 Å². The van der Waals surface area contributed by atoms with Crippen LogP contribution in [-0.2, 0) is 17.4 Å². The van der Waals surface area contributed by atoms with Crippen LogP contribution in [0.1, 0.15) is 11.3 Å². The van der Waals surface area contributed by atoms with Gasteiger partial charge in [0.1, 0.15) is 5.65 Å². The van der Waals surface area contributed by atoms with E-state index in [0.29, 0.717) is 22.6 Å². The lowest BCUT2D eigenvalue weighted by Crippen LogP contribution is -2.16. The van der Waals surface area contributed by atoms with Gasteiger partial charge in [0.05, 0.1) is 23.4 Å². The first kappa shape index (κ1) is 15.1. The van der Waals surface area contributed by atoms with E-state index in [2.05, 4.69) is 4.98 Å². The number of aromatic nitrogens is 2. The normalized spacial score (nSPS) is 11.8. The highest BCUT2D eigenvalue weighted by Gasteiger charge is 2.31. The molecule has 0 spiro atoms. The van der Waals surface area contributed by atoms with Crippen molar-refractivity contribution >= 4 is 11.6 Å². The molecule has 7 heteroatoms. The fraction of sp³-hybridized carbons (Fsp3) is 0.125. The Morgan fingerprint density at radius 1 is 1.13 bits per heavy atom. The van der Waals surface area contributed by atoms with Gasteiger partial charge in [-0.05, 0) is 12.1 Å². The van der Waals surface area contributed by atoms with Gasteiger partial charge in [0.2, 0.25) is 5.91 Å². The smallest absolute Gasteiger partial charge is 0.369 e. The highest BCUT2D eigenvalue weighted by atomic mass is 19.4. The molecule has 0 radical (unpaired) electrons. The monoisotopic (exact) mass is 319 g/mol. The second-order valence-electron chi connectivity index (χ2n) is 5.06. The molecular weight excluding hydrogens is 307 g/mol. The molecule has 0 unspecified atom stereocenters. The van der Waals surface area contributed by atoms with Crippen LogP contribution >= 0.6 is 0 Å². The number of nitrogens with two attached hydrogens (primary N) is 1. The van der Waals surface area contributed by atoms with Crippen LogP contribution in [0.2, 0.25) is 0 Å². The summed E-state index contributed by atoms with van der Waals surface area (Å²) in [7, 11) is 0. The molecule has 2 heterocycles. The number of amides is 1. The van der Waals surface area contributed by atoms with Gasteiger partial charge in [-0.2, -0.15) is 13.2 Å². The standard InChI is InChI=1S/C16H12F3N3O/c17-16(18,19)11-6-7-14-21-15(10-4-2-1-3-5-10)12(8-13(20)23)22(14)9-11/h1-7,9H,8H2,(H2,20,23). The van der Waals surface area contributed by atoms with Gasteiger partial charge in [-0.25, -0.2) is 4.98 Å². The van der Waals surface area contributed by atoms with Gasteiger partial charge in [-0.15, -0.1) is 0 Å². The van der Waals surface area contributed by atoms with Gasteiger partial charge < -0.3 is 10.1 Å². The fourth-order valence-electron chi connectivity index (χ4n) is 2.42. The predicted molar refractivity (Wildman–Crippen MR) is 78.5 cm³/mol. The van der Waals surface area contributed by atoms with E-state index in [0.717, 1.165) is 12.3 Å². The molecule has 0 saturated heterocycles. The van der Waals surface area contributed by atoms with Crippen molar-refractivity contribution < 1.29 is 18.0 Å². The van der Waals surface area contributed by atoms with Crippen LogP contribution in [0.25, 0.3) is 16.9 Å². The van der Waals surface area contributed by atoms with Gasteiger partial charge in [0.25, 0.3) is 0 Å². The molecule has 0 fully saturated rings. The lowest BCUT2D eigenvalue weighted by Gasteiger charge is -2.08. The van der Waals surface area contributed by atoms with Gasteiger partial charge >= 0.3 is 6.18 Å². The van der Waals surface area contributed by atoms with E-state index in [1.807, 2.05) is 6.07 Å². The van der Waals surface area contributed by atoms with Crippen molar-refractivity contribution in [3.63, 3.8) is 0 Å². The molecule has 0 aliphatic rings. The quantitative estimate of drug-likeness (QED) is 0.806. The molecule has 0 bridgehead atoms. The summed E-state index contributed by atoms with van der Waals surface area (Å²) in [5.41, 5.74) is 6.25. The van der Waals surface area contributed by atoms with E-state index >= 15 is 0 Å². The molecule has 0 atom stereocenters. The van der Waals surface area contributed by atoms with E-state index in [-0.39, 0.29) is 6.42 Å². The minimum absolute atomic E-state index is 0.202. The second kappa shape index (κ2) is 5.42. The Kier molecular flexibility index (Phi) is 3.55. The number of carbonyl (C=O) groups is 1. The number of alkyl halides is 3. The fourth-order valence-corrected chi connectivity index (χ4v) is 2.42. The first-order chi connectivity index (χ1) is 10.9. The first-order valence-corrected chi connectivity index (χ1v) is 6.78. The van der Waals surface area contributed by atoms with Crippen molar-refractivity contribution in [3.8, 4) is 11.3 Å². The Balaban J connectivity index is 2.26. The van der Waals surface area contributed by atoms with Crippen LogP contribution in [0.5, 0.6) is 0 Å². The third-order valence-corrected chi connectivity index (χ3v) is 3.43. The molecule has 1 aromatic carbocycles. The molecule has 3 rings (SSSR count). The van der Waals surface area contributed by atoms with Crippen molar-refractivity contribution in [1.82, 2.24) is 9.38 Å². The summed E-state index contributed by atoms with van der Waals surface area (Å²) in [6.07, 6.45) is -3.74. The molecule has 0 aliphatic heterocycles. The lowest BCUT2D eigenvalue weighted by molar-refractivity contribution is -0.137. The lowest BCUT2D eigenvalue weighted by atomic mass is 10.1. The number of nitrogens with zero attached hydrogens (tertiary/aromatic N) is 2. The highest BCUT2D eigenvalue weighted by Crippen LogP contribution is 2.31. The van der Waals surface area contributed by atoms with Crippen LogP contribution in [0, 0.1) is 0 Å². The van der Waals surface area contributed by atoms with E-state index in [1.165, 1.54) is 10.5 Å². The first-order valence-electron chi connectivity index (χ1n) is 6.78. The maximum absolute atomic E-state index is 12.9. The minimum Gasteiger partial charge on any atom is -0.369 e. The number of fused-ring (bicyclic) bond motifs is 1. The Morgan fingerprint density at radius 3 is 2.43 bits per heavy atom. The van der Waals surface area contributed by atoms with Gasteiger partial charge in [0.15, 0.2) is 0 Å². The summed E-state index contributed by atoms with van der Waals surface area (Å²) in [4.78, 5) is 15.7. The summed E-state index contributed by atoms with van der Waals surface area (Å²) < 4.78 is 40.0.